The maximum Gasteiger partial charge on any atom is 0.200 e. The van der Waals surface area contributed by atoms with Crippen molar-refractivity contribution >= 4 is 5.78 Å². The lowest BCUT2D eigenvalue weighted by Crippen LogP contribution is -2.12. The molecular formula is C11H18N2O3. The lowest BCUT2D eigenvalue weighted by atomic mass is 10.3. The summed E-state index contributed by atoms with van der Waals surface area (Å²) in [4.78, 5) is 15.8. The van der Waals surface area contributed by atoms with Crippen molar-refractivity contribution < 1.29 is 14.3 Å². The van der Waals surface area contributed by atoms with Gasteiger partial charge in [-0.25, -0.2) is 4.98 Å². The zero-order chi connectivity index (χ0) is 11.8. The third-order valence-electron chi connectivity index (χ3n) is 2.21. The molecule has 0 radical (unpaired) electrons. The molecule has 0 N–H and O–H groups in total. The lowest BCUT2D eigenvalue weighted by Gasteiger charge is -2.04. The molecule has 0 aliphatic rings. The Morgan fingerprint density at radius 3 is 2.94 bits per heavy atom. The molecular weight excluding hydrogens is 208 g/mol. The number of Topliss-reactive ketones (excluding diaryl/α,β-unsaturated/α-hetero) is 1. The van der Waals surface area contributed by atoms with E-state index in [0.717, 1.165) is 6.54 Å². The van der Waals surface area contributed by atoms with Crippen molar-refractivity contribution in [2.45, 2.75) is 19.9 Å². The van der Waals surface area contributed by atoms with E-state index in [4.69, 9.17) is 9.47 Å². The predicted octanol–water partition coefficient (Wildman–Crippen LogP) is 1.14. The third-order valence-corrected chi connectivity index (χ3v) is 2.21. The van der Waals surface area contributed by atoms with E-state index in [1.54, 1.807) is 19.5 Å². The van der Waals surface area contributed by atoms with Crippen LogP contribution in [0.1, 0.15) is 24.0 Å². The number of hydrogen-bond acceptors (Lipinski definition) is 4. The monoisotopic (exact) mass is 226 g/mol. The van der Waals surface area contributed by atoms with Crippen LogP contribution in [0.4, 0.5) is 0 Å². The molecule has 0 amide bonds. The van der Waals surface area contributed by atoms with Gasteiger partial charge in [0, 0.05) is 32.5 Å². The number of nitrogens with zero attached hydrogens (tertiary/aromatic N) is 2. The van der Waals surface area contributed by atoms with Crippen LogP contribution in [0.3, 0.4) is 0 Å². The number of aryl methyl sites for hydroxylation is 1. The Morgan fingerprint density at radius 1 is 1.44 bits per heavy atom. The fraction of sp³-hybridized carbons (Fsp3) is 0.636. The maximum absolute atomic E-state index is 11.7. The molecule has 1 rings (SSSR count). The summed E-state index contributed by atoms with van der Waals surface area (Å²) < 4.78 is 11.9. The molecule has 0 atom stereocenters. The summed E-state index contributed by atoms with van der Waals surface area (Å²) >= 11 is 0. The van der Waals surface area contributed by atoms with Crippen LogP contribution in [0.15, 0.2) is 12.4 Å². The molecule has 0 fully saturated rings. The van der Waals surface area contributed by atoms with Gasteiger partial charge >= 0.3 is 0 Å². The minimum atomic E-state index is 0.0178. The molecule has 0 bridgehead atoms. The van der Waals surface area contributed by atoms with Crippen molar-refractivity contribution in [3.63, 3.8) is 0 Å². The standard InChI is InChI=1S/C11H18N2O3/c1-3-13-6-5-12-11(13)10(14)4-7-16-9-8-15-2/h5-6H,3-4,7-9H2,1-2H3. The van der Waals surface area contributed by atoms with Crippen LogP contribution in [-0.4, -0.2) is 42.3 Å². The third kappa shape index (κ3) is 3.75. The Balaban J connectivity index is 2.30. The molecule has 0 aliphatic heterocycles. The maximum atomic E-state index is 11.7. The SMILES string of the molecule is CCn1ccnc1C(=O)CCOCCOC. The summed E-state index contributed by atoms with van der Waals surface area (Å²) in [6.45, 7) is 4.22. The van der Waals surface area contributed by atoms with E-state index in [1.165, 1.54) is 0 Å². The number of hydrogen-bond donors (Lipinski definition) is 0. The number of rotatable bonds is 8. The second kappa shape index (κ2) is 7.14. The molecule has 1 aromatic rings. The summed E-state index contributed by atoms with van der Waals surface area (Å²) in [5.74, 6) is 0.530. The first kappa shape index (κ1) is 12.9. The summed E-state index contributed by atoms with van der Waals surface area (Å²) in [6, 6.07) is 0. The minimum Gasteiger partial charge on any atom is -0.382 e. The first-order chi connectivity index (χ1) is 7.79. The van der Waals surface area contributed by atoms with E-state index in [-0.39, 0.29) is 5.78 Å². The van der Waals surface area contributed by atoms with E-state index in [1.807, 2.05) is 11.5 Å². The van der Waals surface area contributed by atoms with Crippen LogP contribution in [0, 0.1) is 0 Å². The molecule has 0 saturated heterocycles. The van der Waals surface area contributed by atoms with Gasteiger partial charge in [-0.1, -0.05) is 0 Å². The van der Waals surface area contributed by atoms with Gasteiger partial charge in [0.25, 0.3) is 0 Å². The second-order valence-electron chi connectivity index (χ2n) is 3.32. The van der Waals surface area contributed by atoms with Gasteiger partial charge in [-0.2, -0.15) is 0 Å². The van der Waals surface area contributed by atoms with E-state index >= 15 is 0 Å². The van der Waals surface area contributed by atoms with Gasteiger partial charge in [-0.15, -0.1) is 0 Å². The van der Waals surface area contributed by atoms with E-state index < -0.39 is 0 Å². The molecule has 0 saturated carbocycles. The number of carbonyl (C=O) groups excluding carboxylic acids is 1. The highest BCUT2D eigenvalue weighted by Gasteiger charge is 2.11. The number of carbonyl (C=O) groups is 1. The van der Waals surface area contributed by atoms with Crippen LogP contribution in [0.25, 0.3) is 0 Å². The largest absolute Gasteiger partial charge is 0.382 e. The van der Waals surface area contributed by atoms with Gasteiger partial charge < -0.3 is 14.0 Å². The lowest BCUT2D eigenvalue weighted by molar-refractivity contribution is 0.0636. The molecule has 0 aliphatic carbocycles. The summed E-state index contributed by atoms with van der Waals surface area (Å²) in [5, 5.41) is 0. The molecule has 1 heterocycles. The van der Waals surface area contributed by atoms with Crippen LogP contribution in [0.5, 0.6) is 0 Å². The molecule has 5 nitrogen and oxygen atoms in total. The minimum absolute atomic E-state index is 0.0178. The molecule has 90 valence electrons. The number of ether oxygens (including phenoxy) is 2. The van der Waals surface area contributed by atoms with Crippen LogP contribution in [0.2, 0.25) is 0 Å². The van der Waals surface area contributed by atoms with Gasteiger partial charge in [0.15, 0.2) is 5.82 Å². The molecule has 0 aromatic carbocycles. The Labute approximate surface area is 95.4 Å². The van der Waals surface area contributed by atoms with Crippen LogP contribution >= 0.6 is 0 Å². The van der Waals surface area contributed by atoms with Crippen LogP contribution < -0.4 is 0 Å². The van der Waals surface area contributed by atoms with Gasteiger partial charge in [0.1, 0.15) is 0 Å². The smallest absolute Gasteiger partial charge is 0.200 e. The van der Waals surface area contributed by atoms with E-state index in [9.17, 15) is 4.79 Å². The summed E-state index contributed by atoms with van der Waals surface area (Å²) in [7, 11) is 1.62. The summed E-state index contributed by atoms with van der Waals surface area (Å²) in [6.07, 6.45) is 3.81. The van der Waals surface area contributed by atoms with Gasteiger partial charge in [0.2, 0.25) is 5.78 Å². The quantitative estimate of drug-likeness (QED) is 0.492. The molecule has 1 aromatic heterocycles. The highest BCUT2D eigenvalue weighted by Crippen LogP contribution is 2.02. The van der Waals surface area contributed by atoms with E-state index in [0.29, 0.717) is 32.1 Å². The predicted molar refractivity (Wildman–Crippen MR) is 59.5 cm³/mol. The highest BCUT2D eigenvalue weighted by atomic mass is 16.5. The Morgan fingerprint density at radius 2 is 2.25 bits per heavy atom. The van der Waals surface area contributed by atoms with Crippen molar-refractivity contribution in [3.05, 3.63) is 18.2 Å². The molecule has 16 heavy (non-hydrogen) atoms. The normalized spacial score (nSPS) is 10.6. The average molecular weight is 226 g/mol. The number of methoxy groups -OCH3 is 1. The Bertz CT molecular complexity index is 323. The molecule has 0 spiro atoms. The van der Waals surface area contributed by atoms with E-state index in [2.05, 4.69) is 4.98 Å². The van der Waals surface area contributed by atoms with Crippen molar-refractivity contribution in [2.24, 2.45) is 0 Å². The number of ketones is 1. The fourth-order valence-electron chi connectivity index (χ4n) is 1.34. The Hall–Kier alpha value is -1.20. The Kier molecular flexibility index (Phi) is 5.74. The fourth-order valence-corrected chi connectivity index (χ4v) is 1.34. The summed E-state index contributed by atoms with van der Waals surface area (Å²) in [5.41, 5.74) is 0. The van der Waals surface area contributed by atoms with Crippen molar-refractivity contribution in [1.29, 1.82) is 0 Å². The zero-order valence-electron chi connectivity index (χ0n) is 9.81. The van der Waals surface area contributed by atoms with Gasteiger partial charge in [-0.3, -0.25) is 4.79 Å². The topological polar surface area (TPSA) is 53.4 Å². The molecule has 5 heteroatoms. The van der Waals surface area contributed by atoms with Crippen molar-refractivity contribution in [1.82, 2.24) is 9.55 Å². The first-order valence-corrected chi connectivity index (χ1v) is 5.40. The molecule has 0 unspecified atom stereocenters. The number of imidazole rings is 1. The van der Waals surface area contributed by atoms with Crippen molar-refractivity contribution in [2.75, 3.05) is 26.9 Å². The zero-order valence-corrected chi connectivity index (χ0v) is 9.81. The number of aromatic nitrogens is 2. The van der Waals surface area contributed by atoms with Crippen LogP contribution in [-0.2, 0) is 16.0 Å². The van der Waals surface area contributed by atoms with Crippen molar-refractivity contribution in [3.8, 4) is 0 Å². The second-order valence-corrected chi connectivity index (χ2v) is 3.32. The van der Waals surface area contributed by atoms with Gasteiger partial charge in [0.05, 0.1) is 19.8 Å². The highest BCUT2D eigenvalue weighted by molar-refractivity contribution is 5.92. The van der Waals surface area contributed by atoms with Gasteiger partial charge in [-0.05, 0) is 6.92 Å². The first-order valence-electron chi connectivity index (χ1n) is 5.40. The average Bonchev–Trinajstić information content (AvgIpc) is 2.76.